The van der Waals surface area contributed by atoms with Gasteiger partial charge in [-0.3, -0.25) is 4.68 Å². The second-order valence-corrected chi connectivity index (χ2v) is 5.02. The van der Waals surface area contributed by atoms with Crippen LogP contribution >= 0.6 is 0 Å². The Balaban J connectivity index is 2.55. The zero-order valence-corrected chi connectivity index (χ0v) is 13.3. The number of aromatic nitrogens is 3. The Kier molecular flexibility index (Phi) is 5.27. The Morgan fingerprint density at radius 2 is 2.12 bits per heavy atom. The first-order chi connectivity index (χ1) is 11.3. The van der Waals surface area contributed by atoms with E-state index in [4.69, 9.17) is 9.47 Å². The zero-order valence-electron chi connectivity index (χ0n) is 13.3. The van der Waals surface area contributed by atoms with Gasteiger partial charge in [-0.15, -0.1) is 0 Å². The van der Waals surface area contributed by atoms with Gasteiger partial charge in [-0.1, -0.05) is 0 Å². The van der Waals surface area contributed by atoms with Gasteiger partial charge < -0.3 is 15.2 Å². The zero-order chi connectivity index (χ0) is 17.9. The van der Waals surface area contributed by atoms with E-state index < -0.39 is 18.2 Å². The van der Waals surface area contributed by atoms with E-state index in [-0.39, 0.29) is 36.3 Å². The number of aryl methyl sites for hydroxylation is 1. The van der Waals surface area contributed by atoms with Crippen molar-refractivity contribution in [3.05, 3.63) is 18.0 Å². The maximum Gasteiger partial charge on any atom is 0.425 e. The van der Waals surface area contributed by atoms with Crippen molar-refractivity contribution in [2.45, 2.75) is 25.6 Å². The molecule has 0 aliphatic rings. The van der Waals surface area contributed by atoms with E-state index in [1.54, 1.807) is 14.0 Å². The number of halogens is 3. The van der Waals surface area contributed by atoms with Crippen molar-refractivity contribution in [2.75, 3.05) is 13.2 Å². The van der Waals surface area contributed by atoms with Crippen molar-refractivity contribution in [3.8, 4) is 5.75 Å². The van der Waals surface area contributed by atoms with Crippen LogP contribution in [-0.2, 0) is 11.8 Å². The van der Waals surface area contributed by atoms with E-state index in [1.807, 2.05) is 0 Å². The Hall–Kier alpha value is -2.36. The van der Waals surface area contributed by atoms with Crippen LogP contribution in [0.25, 0.3) is 11.0 Å². The van der Waals surface area contributed by atoms with Crippen LogP contribution < -0.4 is 10.5 Å². The quantitative estimate of drug-likeness (QED) is 0.790. The van der Waals surface area contributed by atoms with Crippen molar-refractivity contribution in [1.82, 2.24) is 14.8 Å². The van der Waals surface area contributed by atoms with Gasteiger partial charge >= 0.3 is 12.1 Å². The fourth-order valence-electron chi connectivity index (χ4n) is 2.17. The molecule has 2 aromatic rings. The van der Waals surface area contributed by atoms with Crippen LogP contribution in [0, 0.1) is 0 Å². The largest absolute Gasteiger partial charge is 0.479 e. The molecule has 2 rings (SSSR count). The van der Waals surface area contributed by atoms with Crippen molar-refractivity contribution in [3.63, 3.8) is 0 Å². The average molecular weight is 347 g/mol. The third-order valence-corrected chi connectivity index (χ3v) is 3.30. The summed E-state index contributed by atoms with van der Waals surface area (Å²) in [5, 5.41) is 4.16. The van der Waals surface area contributed by atoms with Crippen LogP contribution in [0.5, 0.6) is 5.75 Å². The molecule has 0 aliphatic carbocycles. The number of rotatable bonds is 6. The highest BCUT2D eigenvalue weighted by Gasteiger charge is 2.42. The summed E-state index contributed by atoms with van der Waals surface area (Å²) < 4.78 is 51.0. The van der Waals surface area contributed by atoms with Crippen LogP contribution in [-0.4, -0.2) is 46.2 Å². The Morgan fingerprint density at radius 3 is 2.71 bits per heavy atom. The molecule has 2 aromatic heterocycles. The van der Waals surface area contributed by atoms with Gasteiger partial charge in [0, 0.05) is 19.7 Å². The van der Waals surface area contributed by atoms with E-state index in [1.165, 1.54) is 10.9 Å². The van der Waals surface area contributed by atoms with Gasteiger partial charge in [0.05, 0.1) is 24.7 Å². The molecule has 0 aliphatic heterocycles. The van der Waals surface area contributed by atoms with E-state index in [0.29, 0.717) is 5.65 Å². The lowest BCUT2D eigenvalue weighted by Gasteiger charge is -2.22. The summed E-state index contributed by atoms with van der Waals surface area (Å²) in [4.78, 5) is 16.1. The minimum absolute atomic E-state index is 0.0280. The first-order valence-electron chi connectivity index (χ1n) is 7.30. The van der Waals surface area contributed by atoms with Crippen molar-refractivity contribution < 1.29 is 33.2 Å². The molecule has 10 heteroatoms. The summed E-state index contributed by atoms with van der Waals surface area (Å²) in [6.07, 6.45) is -4.58. The maximum absolute atomic E-state index is 13.2. The average Bonchev–Trinajstić information content (AvgIpc) is 2.88. The molecule has 2 heterocycles. The SMILES string of the molecule is CCOC(=O)c1cnc2c(cnn2C)c1O[C@H](CC[NH3+])C(F)(F)F. The van der Waals surface area contributed by atoms with Crippen LogP contribution in [0.1, 0.15) is 23.7 Å². The number of hydrogen-bond donors (Lipinski definition) is 1. The Bertz CT molecular complexity index is 730. The smallest absolute Gasteiger partial charge is 0.425 e. The van der Waals surface area contributed by atoms with Crippen LogP contribution in [0.2, 0.25) is 0 Å². The van der Waals surface area contributed by atoms with Crippen molar-refractivity contribution in [1.29, 1.82) is 0 Å². The summed E-state index contributed by atoms with van der Waals surface area (Å²) in [5.74, 6) is -1.04. The highest BCUT2D eigenvalue weighted by Crippen LogP contribution is 2.34. The second-order valence-electron chi connectivity index (χ2n) is 5.02. The molecular weight excluding hydrogens is 329 g/mol. The van der Waals surface area contributed by atoms with Gasteiger partial charge in [0.15, 0.2) is 11.8 Å². The summed E-state index contributed by atoms with van der Waals surface area (Å²) in [6.45, 7) is 1.70. The fraction of sp³-hybridized carbons (Fsp3) is 0.500. The molecule has 0 saturated heterocycles. The Morgan fingerprint density at radius 1 is 1.42 bits per heavy atom. The Labute approximate surface area is 135 Å². The molecule has 0 amide bonds. The molecule has 0 saturated carbocycles. The number of esters is 1. The molecule has 7 nitrogen and oxygen atoms in total. The number of carbonyl (C=O) groups is 1. The molecule has 132 valence electrons. The lowest BCUT2D eigenvalue weighted by molar-refractivity contribution is -0.375. The number of fused-ring (bicyclic) bond motifs is 1. The van der Waals surface area contributed by atoms with Crippen molar-refractivity contribution in [2.24, 2.45) is 7.05 Å². The first-order valence-corrected chi connectivity index (χ1v) is 7.30. The van der Waals surface area contributed by atoms with Gasteiger partial charge in [-0.05, 0) is 6.92 Å². The topological polar surface area (TPSA) is 93.9 Å². The monoisotopic (exact) mass is 347 g/mol. The molecule has 0 radical (unpaired) electrons. The van der Waals surface area contributed by atoms with E-state index in [2.05, 4.69) is 15.8 Å². The summed E-state index contributed by atoms with van der Waals surface area (Å²) in [6, 6.07) is 0. The molecule has 0 unspecified atom stereocenters. The summed E-state index contributed by atoms with van der Waals surface area (Å²) >= 11 is 0. The van der Waals surface area contributed by atoms with Gasteiger partial charge in [-0.2, -0.15) is 18.3 Å². The number of pyridine rings is 1. The second kappa shape index (κ2) is 7.04. The van der Waals surface area contributed by atoms with E-state index in [0.717, 1.165) is 6.20 Å². The van der Waals surface area contributed by atoms with Crippen molar-refractivity contribution >= 4 is 17.0 Å². The maximum atomic E-state index is 13.2. The molecule has 24 heavy (non-hydrogen) atoms. The minimum Gasteiger partial charge on any atom is -0.479 e. The van der Waals surface area contributed by atoms with Gasteiger partial charge in [0.25, 0.3) is 0 Å². The van der Waals surface area contributed by atoms with Crippen LogP contribution in [0.15, 0.2) is 12.4 Å². The number of nitrogens with zero attached hydrogens (tertiary/aromatic N) is 3. The third-order valence-electron chi connectivity index (χ3n) is 3.30. The molecule has 0 spiro atoms. The number of hydrogen-bond acceptors (Lipinski definition) is 5. The normalized spacial score (nSPS) is 13.1. The number of quaternary nitrogens is 1. The van der Waals surface area contributed by atoms with Gasteiger partial charge in [0.2, 0.25) is 0 Å². The highest BCUT2D eigenvalue weighted by molar-refractivity contribution is 5.98. The molecule has 1 atom stereocenters. The molecule has 0 fully saturated rings. The molecular formula is C14H18F3N4O3+. The number of alkyl halides is 3. The third kappa shape index (κ3) is 3.58. The summed E-state index contributed by atoms with van der Waals surface area (Å²) in [5.41, 5.74) is 3.56. The molecule has 3 N–H and O–H groups in total. The number of carbonyl (C=O) groups excluding carboxylic acids is 1. The minimum atomic E-state index is -4.60. The number of ether oxygens (including phenoxy) is 2. The van der Waals surface area contributed by atoms with E-state index >= 15 is 0 Å². The predicted octanol–water partition coefficient (Wildman–Crippen LogP) is 1.09. The molecule has 0 bridgehead atoms. The summed E-state index contributed by atoms with van der Waals surface area (Å²) in [7, 11) is 1.58. The molecule has 0 aromatic carbocycles. The standard InChI is InChI=1S/C14H17F3N4O3/c1-3-23-13(22)9-6-19-12-8(7-20-21(12)2)11(9)24-10(4-5-18)14(15,16)17/h6-7,10H,3-5,18H2,1-2H3/p+1/t10-/m1/s1. The van der Waals surface area contributed by atoms with Crippen LogP contribution in [0.4, 0.5) is 13.2 Å². The fourth-order valence-corrected chi connectivity index (χ4v) is 2.17. The highest BCUT2D eigenvalue weighted by atomic mass is 19.4. The van der Waals surface area contributed by atoms with E-state index in [9.17, 15) is 18.0 Å². The van der Waals surface area contributed by atoms with Crippen LogP contribution in [0.3, 0.4) is 0 Å². The lowest BCUT2D eigenvalue weighted by Crippen LogP contribution is -2.53. The van der Waals surface area contributed by atoms with Gasteiger partial charge in [0.1, 0.15) is 11.3 Å². The first kappa shape index (κ1) is 18.0. The predicted molar refractivity (Wildman–Crippen MR) is 77.3 cm³/mol. The van der Waals surface area contributed by atoms with Gasteiger partial charge in [-0.25, -0.2) is 9.78 Å². The lowest BCUT2D eigenvalue weighted by atomic mass is 10.2.